The molecule has 0 amide bonds. The van der Waals surface area contributed by atoms with Gasteiger partial charge >= 0.3 is 59.1 Å². The molecule has 0 atom stereocenters. The third-order valence-corrected chi connectivity index (χ3v) is 0. The quantitative estimate of drug-likeness (QED) is 0.335. The molecule has 0 aliphatic heterocycles. The van der Waals surface area contributed by atoms with Gasteiger partial charge in [0.05, 0.1) is 0 Å². The van der Waals surface area contributed by atoms with E-state index in [2.05, 4.69) is 11.9 Å². The molecule has 0 bridgehead atoms. The molecule has 0 unspecified atom stereocenters. The van der Waals surface area contributed by atoms with Crippen molar-refractivity contribution in [2.75, 3.05) is 0 Å². The van der Waals surface area contributed by atoms with Crippen molar-refractivity contribution in [3.8, 4) is 0 Å². The molecule has 0 aliphatic rings. The van der Waals surface area contributed by atoms with Gasteiger partial charge in [-0.3, -0.25) is 0 Å². The van der Waals surface area contributed by atoms with Crippen LogP contribution in [0, 0.1) is 9.93 Å². The molecule has 34 valence electrons. The maximum atomic E-state index is 7.72. The van der Waals surface area contributed by atoms with Crippen LogP contribution in [-0.2, 0) is 0 Å². The Labute approximate surface area is 96.6 Å². The van der Waals surface area contributed by atoms with Gasteiger partial charge in [0.1, 0.15) is 0 Å². The van der Waals surface area contributed by atoms with Crippen LogP contribution in [0.3, 0.4) is 0 Å². The molecule has 0 fully saturated rings. The number of halogens is 2. The first kappa shape index (κ1) is 35.3. The maximum Gasteiger partial charge on any atom is 1.00 e. The maximum absolute atomic E-state index is 7.72. The summed E-state index contributed by atoms with van der Waals surface area (Å²) in [6.07, 6.45) is 0. The molecule has 0 aromatic heterocycles. The summed E-state index contributed by atoms with van der Waals surface area (Å²) in [5, 5.41) is 0. The topological polar surface area (TPSA) is 57.2 Å². The predicted octanol–water partition coefficient (Wildman–Crippen LogP) is -9.42. The molecule has 0 saturated heterocycles. The SMILES string of the molecule is O=O.[Cl-].[Na+].[Na+].[O-]Cl. The zero-order valence-corrected chi connectivity index (χ0v) is 9.49. The van der Waals surface area contributed by atoms with E-state index in [1.165, 1.54) is 0 Å². The molecule has 0 heterocycles. The standard InChI is InChI=1S/ClO.ClH.2Na.O2/c1-2;;;;1-2/h;1H;;;/q-1;;2*+1;/p-1. The molecule has 3 nitrogen and oxygen atoms in total. The van der Waals surface area contributed by atoms with Crippen molar-refractivity contribution in [1.82, 2.24) is 0 Å². The summed E-state index contributed by atoms with van der Waals surface area (Å²) in [5.41, 5.74) is 0. The summed E-state index contributed by atoms with van der Waals surface area (Å²) in [6.45, 7) is 0. The van der Waals surface area contributed by atoms with Gasteiger partial charge in [0.2, 0.25) is 0 Å². The van der Waals surface area contributed by atoms with Crippen LogP contribution >= 0.6 is 11.9 Å². The summed E-state index contributed by atoms with van der Waals surface area (Å²) in [6, 6.07) is 0. The van der Waals surface area contributed by atoms with Gasteiger partial charge in [-0.1, -0.05) is 0 Å². The van der Waals surface area contributed by atoms with Crippen LogP contribution in [-0.4, -0.2) is 0 Å². The minimum atomic E-state index is 0. The Morgan fingerprint density at radius 3 is 1.00 bits per heavy atom. The van der Waals surface area contributed by atoms with Crippen molar-refractivity contribution in [2.45, 2.75) is 0 Å². The first-order valence-corrected chi connectivity index (χ1v) is 0.630. The van der Waals surface area contributed by atoms with Crippen molar-refractivity contribution >= 4 is 11.9 Å². The van der Waals surface area contributed by atoms with Crippen molar-refractivity contribution in [1.29, 1.82) is 0 Å². The summed E-state index contributed by atoms with van der Waals surface area (Å²) in [5.74, 6) is 0. The second-order valence-electron chi connectivity index (χ2n) is 0. The minimum absolute atomic E-state index is 0. The predicted molar refractivity (Wildman–Crippen MR) is 12.6 cm³/mol. The monoisotopic (exact) mass is 164 g/mol. The second-order valence-corrected chi connectivity index (χ2v) is 0. The number of hydrogen-bond donors (Lipinski definition) is 0. The van der Waals surface area contributed by atoms with Gasteiger partial charge in [-0.2, -0.15) is 0 Å². The minimum Gasteiger partial charge on any atom is -1.00 e. The summed E-state index contributed by atoms with van der Waals surface area (Å²) >= 11 is 3.39. The Hall–Kier alpha value is 2.14. The summed E-state index contributed by atoms with van der Waals surface area (Å²) in [4.78, 5) is 14.0. The van der Waals surface area contributed by atoms with Crippen molar-refractivity contribution in [2.24, 2.45) is 0 Å². The van der Waals surface area contributed by atoms with Crippen LogP contribution < -0.4 is 76.2 Å². The Kier molecular flexibility index (Phi) is 457. The molecule has 7 heavy (non-hydrogen) atoms. The molecule has 0 rings (SSSR count). The molecule has 7 heteroatoms. The largest absolute Gasteiger partial charge is 1.00 e. The second kappa shape index (κ2) is 90.6. The zero-order chi connectivity index (χ0) is 4.00. The number of rotatable bonds is 0. The fraction of sp³-hybridized carbons (Fsp3) is 0. The van der Waals surface area contributed by atoms with Gasteiger partial charge in [0.25, 0.3) is 0 Å². The zero-order valence-electron chi connectivity index (χ0n) is 3.98. The van der Waals surface area contributed by atoms with Crippen LogP contribution in [0.2, 0.25) is 0 Å². The van der Waals surface area contributed by atoms with Gasteiger partial charge in [-0.25, -0.2) is 11.9 Å². The van der Waals surface area contributed by atoms with Gasteiger partial charge in [0, 0.05) is 9.93 Å². The first-order chi connectivity index (χ1) is 2.00. The molecule has 0 spiro atoms. The van der Waals surface area contributed by atoms with E-state index in [4.69, 9.17) is 14.6 Å². The van der Waals surface area contributed by atoms with Crippen LogP contribution in [0.1, 0.15) is 0 Å². The third kappa shape index (κ3) is 67.0. The smallest absolute Gasteiger partial charge is 1.00 e. The van der Waals surface area contributed by atoms with Crippen molar-refractivity contribution < 1.29 is 76.2 Å². The normalized spacial score (nSPS) is 1.43. The van der Waals surface area contributed by atoms with E-state index in [1.807, 2.05) is 0 Å². The molecule has 0 aromatic rings. The van der Waals surface area contributed by atoms with E-state index in [9.17, 15) is 0 Å². The number of hydrogen-bond acceptors (Lipinski definition) is 3. The van der Waals surface area contributed by atoms with Crippen LogP contribution in [0.4, 0.5) is 0 Å². The van der Waals surface area contributed by atoms with E-state index in [1.54, 1.807) is 0 Å². The Morgan fingerprint density at radius 2 is 1.00 bits per heavy atom. The molecule has 0 aliphatic carbocycles. The van der Waals surface area contributed by atoms with Gasteiger partial charge in [-0.05, 0) is 0 Å². The van der Waals surface area contributed by atoms with Gasteiger partial charge in [0.15, 0.2) is 0 Å². The van der Waals surface area contributed by atoms with Crippen LogP contribution in [0.5, 0.6) is 0 Å². The average molecular weight is 165 g/mol. The Balaban J connectivity index is -0.00000000267. The van der Waals surface area contributed by atoms with Gasteiger partial charge in [-0.15, -0.1) is 0 Å². The van der Waals surface area contributed by atoms with E-state index >= 15 is 0 Å². The van der Waals surface area contributed by atoms with E-state index in [-0.39, 0.29) is 71.5 Å². The fourth-order valence-corrected chi connectivity index (χ4v) is 0. The van der Waals surface area contributed by atoms with E-state index in [0.717, 1.165) is 0 Å². The average Bonchev–Trinajstić information content (AvgIpc) is 1.50. The van der Waals surface area contributed by atoms with Crippen LogP contribution in [0.15, 0.2) is 0 Å². The van der Waals surface area contributed by atoms with E-state index in [0.29, 0.717) is 0 Å². The molecule has 0 saturated carbocycles. The Morgan fingerprint density at radius 1 is 1.00 bits per heavy atom. The molecular formula is Cl2Na2O3. The fourth-order valence-electron chi connectivity index (χ4n) is 0. The summed E-state index contributed by atoms with van der Waals surface area (Å²) < 4.78 is 7.72. The molecule has 0 aromatic carbocycles. The molecule has 0 N–H and O–H groups in total. The van der Waals surface area contributed by atoms with E-state index < -0.39 is 0 Å². The van der Waals surface area contributed by atoms with Crippen molar-refractivity contribution in [3.63, 3.8) is 0 Å². The third-order valence-electron chi connectivity index (χ3n) is 0. The van der Waals surface area contributed by atoms with Gasteiger partial charge < -0.3 is 17.1 Å². The van der Waals surface area contributed by atoms with Crippen LogP contribution in [0.25, 0.3) is 0 Å². The molecule has 0 radical (unpaired) electrons. The first-order valence-electron chi connectivity index (χ1n) is 0.321. The van der Waals surface area contributed by atoms with Crippen molar-refractivity contribution in [3.05, 3.63) is 9.93 Å². The molecular weight excluding hydrogens is 165 g/mol. The summed E-state index contributed by atoms with van der Waals surface area (Å²) in [7, 11) is 0. The Bertz CT molecular complexity index is 10.9.